The van der Waals surface area contributed by atoms with Gasteiger partial charge >= 0.3 is 0 Å². The van der Waals surface area contributed by atoms with E-state index in [1.165, 1.54) is 28.2 Å². The van der Waals surface area contributed by atoms with E-state index in [2.05, 4.69) is 21.6 Å². The van der Waals surface area contributed by atoms with E-state index in [1.54, 1.807) is 26.0 Å². The fourth-order valence-electron chi connectivity index (χ4n) is 4.05. The molecule has 0 fully saturated rings. The molecule has 0 bridgehead atoms. The molecule has 4 rings (SSSR count). The summed E-state index contributed by atoms with van der Waals surface area (Å²) in [6.45, 7) is 8.41. The van der Waals surface area contributed by atoms with Crippen LogP contribution in [0, 0.1) is 6.92 Å². The van der Waals surface area contributed by atoms with Crippen LogP contribution in [0.4, 0.5) is 5.69 Å². The van der Waals surface area contributed by atoms with Crippen LogP contribution in [-0.4, -0.2) is 51.6 Å². The van der Waals surface area contributed by atoms with Gasteiger partial charge in [0.2, 0.25) is 15.9 Å². The number of carbonyl (C=O) groups is 1. The summed E-state index contributed by atoms with van der Waals surface area (Å²) in [4.78, 5) is 13.3. The molecule has 0 radical (unpaired) electrons. The molecule has 1 atom stereocenters. The fourth-order valence-corrected chi connectivity index (χ4v) is 6.48. The van der Waals surface area contributed by atoms with E-state index < -0.39 is 15.3 Å². The van der Waals surface area contributed by atoms with Crippen molar-refractivity contribution in [2.75, 3.05) is 18.4 Å². The third-order valence-corrected chi connectivity index (χ3v) is 9.32. The zero-order valence-corrected chi connectivity index (χ0v) is 21.9. The van der Waals surface area contributed by atoms with E-state index in [0.717, 1.165) is 22.1 Å². The number of anilines is 1. The van der Waals surface area contributed by atoms with Crippen molar-refractivity contribution in [2.24, 2.45) is 0 Å². The molecule has 8 nitrogen and oxygen atoms in total. The van der Waals surface area contributed by atoms with E-state index in [1.807, 2.05) is 42.5 Å². The van der Waals surface area contributed by atoms with Gasteiger partial charge in [0.25, 0.3) is 0 Å². The van der Waals surface area contributed by atoms with Crippen molar-refractivity contribution in [1.29, 1.82) is 0 Å². The summed E-state index contributed by atoms with van der Waals surface area (Å²) < 4.78 is 28.8. The number of aryl methyl sites for hydroxylation is 1. The number of nitrogens with one attached hydrogen (secondary N) is 1. The first kappa shape index (κ1) is 25.2. The summed E-state index contributed by atoms with van der Waals surface area (Å²) in [5, 5.41) is 13.0. The maximum absolute atomic E-state index is 13.1. The molecule has 2 aromatic heterocycles. The molecule has 0 saturated heterocycles. The molecule has 0 aliphatic rings. The number of sulfonamides is 1. The molecule has 35 heavy (non-hydrogen) atoms. The van der Waals surface area contributed by atoms with Gasteiger partial charge in [0, 0.05) is 24.2 Å². The van der Waals surface area contributed by atoms with E-state index >= 15 is 0 Å². The molecule has 0 aliphatic heterocycles. The average molecular weight is 512 g/mol. The second-order valence-electron chi connectivity index (χ2n) is 8.14. The summed E-state index contributed by atoms with van der Waals surface area (Å²) in [6, 6.07) is 16.3. The third kappa shape index (κ3) is 4.91. The highest BCUT2D eigenvalue weighted by Gasteiger charge is 2.24. The third-order valence-electron chi connectivity index (χ3n) is 5.95. The number of amides is 1. The molecule has 1 amide bonds. The molecule has 1 unspecified atom stereocenters. The fraction of sp³-hybridized carbons (Fsp3) is 0.320. The summed E-state index contributed by atoms with van der Waals surface area (Å²) >= 11 is 1.36. The number of aromatic nitrogens is 3. The standard InChI is InChI=1S/C25H29N5O3S2/c1-5-22(24(31)26-18-12-14-19(15-13-18)35(32,33)29(6-2)7-3)34-25-28-27-23-16-17(4)20-10-8-9-11-21(20)30(23)25/h8-16,22H,5-7H2,1-4H3,(H,26,31). The number of pyridine rings is 1. The van der Waals surface area contributed by atoms with Crippen molar-refractivity contribution in [2.45, 2.75) is 49.4 Å². The number of para-hydroxylation sites is 1. The topological polar surface area (TPSA) is 96.7 Å². The van der Waals surface area contributed by atoms with Gasteiger partial charge < -0.3 is 5.32 Å². The van der Waals surface area contributed by atoms with Crippen LogP contribution in [0.3, 0.4) is 0 Å². The number of rotatable bonds is 9. The Kier molecular flexibility index (Phi) is 7.44. The predicted molar refractivity (Wildman–Crippen MR) is 140 cm³/mol. The second kappa shape index (κ2) is 10.3. The summed E-state index contributed by atoms with van der Waals surface area (Å²) in [7, 11) is -3.55. The number of thioether (sulfide) groups is 1. The van der Waals surface area contributed by atoms with E-state index in [0.29, 0.717) is 30.4 Å². The van der Waals surface area contributed by atoms with Crippen molar-refractivity contribution in [1.82, 2.24) is 18.9 Å². The van der Waals surface area contributed by atoms with Crippen molar-refractivity contribution in [3.05, 3.63) is 60.2 Å². The van der Waals surface area contributed by atoms with Crippen LogP contribution in [-0.2, 0) is 14.8 Å². The van der Waals surface area contributed by atoms with Gasteiger partial charge in [-0.05, 0) is 55.3 Å². The van der Waals surface area contributed by atoms with Gasteiger partial charge in [0.05, 0.1) is 15.7 Å². The summed E-state index contributed by atoms with van der Waals surface area (Å²) in [6.07, 6.45) is 0.587. The minimum atomic E-state index is -3.55. The normalized spacial score (nSPS) is 12.9. The monoisotopic (exact) mass is 511 g/mol. The Morgan fingerprint density at radius 3 is 2.40 bits per heavy atom. The Balaban J connectivity index is 1.54. The number of hydrogen-bond acceptors (Lipinski definition) is 6. The lowest BCUT2D eigenvalue weighted by atomic mass is 10.1. The molecular formula is C25H29N5O3S2. The summed E-state index contributed by atoms with van der Waals surface area (Å²) in [5.74, 6) is -0.176. The Morgan fingerprint density at radius 1 is 1.06 bits per heavy atom. The zero-order valence-electron chi connectivity index (χ0n) is 20.2. The van der Waals surface area contributed by atoms with Gasteiger partial charge in [-0.25, -0.2) is 8.42 Å². The molecule has 2 aromatic carbocycles. The molecule has 0 aliphatic carbocycles. The van der Waals surface area contributed by atoms with E-state index in [-0.39, 0.29) is 10.8 Å². The van der Waals surface area contributed by atoms with Gasteiger partial charge in [0.1, 0.15) is 0 Å². The largest absolute Gasteiger partial charge is 0.325 e. The number of fused-ring (bicyclic) bond motifs is 3. The van der Waals surface area contributed by atoms with Crippen LogP contribution in [0.5, 0.6) is 0 Å². The first-order valence-electron chi connectivity index (χ1n) is 11.6. The zero-order chi connectivity index (χ0) is 25.2. The molecule has 1 N–H and O–H groups in total. The Morgan fingerprint density at radius 2 is 1.74 bits per heavy atom. The Hall–Kier alpha value is -2.95. The minimum absolute atomic E-state index is 0.176. The van der Waals surface area contributed by atoms with Gasteiger partial charge in [-0.1, -0.05) is 50.7 Å². The molecule has 2 heterocycles. The van der Waals surface area contributed by atoms with Gasteiger partial charge in [-0.3, -0.25) is 9.20 Å². The highest BCUT2D eigenvalue weighted by atomic mass is 32.2. The molecule has 0 saturated carbocycles. The minimum Gasteiger partial charge on any atom is -0.325 e. The van der Waals surface area contributed by atoms with Crippen LogP contribution >= 0.6 is 11.8 Å². The number of carbonyl (C=O) groups excluding carboxylic acids is 1. The van der Waals surface area contributed by atoms with Gasteiger partial charge in [0.15, 0.2) is 10.8 Å². The molecule has 4 aromatic rings. The van der Waals surface area contributed by atoms with Crippen molar-refractivity contribution in [3.63, 3.8) is 0 Å². The Bertz CT molecular complexity index is 1460. The maximum atomic E-state index is 13.1. The molecule has 0 spiro atoms. The van der Waals surface area contributed by atoms with Crippen molar-refractivity contribution < 1.29 is 13.2 Å². The molecule has 184 valence electrons. The summed E-state index contributed by atoms with van der Waals surface area (Å²) in [5.41, 5.74) is 3.40. The van der Waals surface area contributed by atoms with Gasteiger partial charge in [-0.15, -0.1) is 10.2 Å². The van der Waals surface area contributed by atoms with Crippen LogP contribution < -0.4 is 5.32 Å². The smallest absolute Gasteiger partial charge is 0.243 e. The SMILES string of the molecule is CCC(Sc1nnc2cc(C)c3ccccc3n12)C(=O)Nc1ccc(S(=O)(=O)N(CC)CC)cc1. The first-order valence-corrected chi connectivity index (χ1v) is 13.9. The first-order chi connectivity index (χ1) is 16.8. The predicted octanol–water partition coefficient (Wildman–Crippen LogP) is 4.73. The quantitative estimate of drug-likeness (QED) is 0.326. The number of nitrogens with zero attached hydrogens (tertiary/aromatic N) is 4. The van der Waals surface area contributed by atoms with Crippen LogP contribution in [0.25, 0.3) is 16.6 Å². The van der Waals surface area contributed by atoms with Crippen LogP contribution in [0.15, 0.2) is 64.6 Å². The van der Waals surface area contributed by atoms with Crippen LogP contribution in [0.1, 0.15) is 32.8 Å². The van der Waals surface area contributed by atoms with Crippen molar-refractivity contribution >= 4 is 49.9 Å². The second-order valence-corrected chi connectivity index (χ2v) is 11.2. The van der Waals surface area contributed by atoms with Crippen molar-refractivity contribution in [3.8, 4) is 0 Å². The average Bonchev–Trinajstić information content (AvgIpc) is 3.26. The number of hydrogen-bond donors (Lipinski definition) is 1. The highest BCUT2D eigenvalue weighted by Crippen LogP contribution is 2.30. The lowest BCUT2D eigenvalue weighted by Crippen LogP contribution is -2.30. The lowest BCUT2D eigenvalue weighted by molar-refractivity contribution is -0.115. The van der Waals surface area contributed by atoms with E-state index in [9.17, 15) is 13.2 Å². The van der Waals surface area contributed by atoms with E-state index in [4.69, 9.17) is 0 Å². The lowest BCUT2D eigenvalue weighted by Gasteiger charge is -2.19. The van der Waals surface area contributed by atoms with Crippen LogP contribution in [0.2, 0.25) is 0 Å². The van der Waals surface area contributed by atoms with Gasteiger partial charge in [-0.2, -0.15) is 4.31 Å². The maximum Gasteiger partial charge on any atom is 0.243 e. The number of benzene rings is 2. The molecular weight excluding hydrogens is 482 g/mol. The Labute approximate surface area is 209 Å². The molecule has 10 heteroatoms. The highest BCUT2D eigenvalue weighted by molar-refractivity contribution is 8.00.